The highest BCUT2D eigenvalue weighted by atomic mass is 79.9. The van der Waals surface area contributed by atoms with E-state index in [9.17, 15) is 17.6 Å². The van der Waals surface area contributed by atoms with Gasteiger partial charge in [0.15, 0.2) is 23.3 Å². The van der Waals surface area contributed by atoms with Crippen LogP contribution in [-0.4, -0.2) is 39.0 Å². The zero-order valence-corrected chi connectivity index (χ0v) is 26.5. The first-order chi connectivity index (χ1) is 23.7. The highest BCUT2D eigenvalue weighted by Gasteiger charge is 2.22. The Morgan fingerprint density at radius 2 is 1.10 bits per heavy atom. The highest BCUT2D eigenvalue weighted by molar-refractivity contribution is 9.10. The van der Waals surface area contributed by atoms with Crippen LogP contribution in [0.4, 0.5) is 29.2 Å². The minimum absolute atomic E-state index is 0.0306. The van der Waals surface area contributed by atoms with E-state index in [2.05, 4.69) is 45.8 Å². The molecule has 2 aromatic carbocycles. The molecule has 15 heteroatoms. The van der Waals surface area contributed by atoms with Gasteiger partial charge in [-0.2, -0.15) is 0 Å². The average molecular weight is 726 g/mol. The fourth-order valence-corrected chi connectivity index (χ4v) is 5.61. The Balaban J connectivity index is 0.000000154. The van der Waals surface area contributed by atoms with Crippen LogP contribution in [0.5, 0.6) is 0 Å². The van der Waals surface area contributed by atoms with Crippen molar-refractivity contribution in [3.8, 4) is 34.2 Å². The molecule has 0 aliphatic carbocycles. The SMILES string of the molecule is Nc1ncc(Br)cc1-c1nc2cnccc2n1-c1cccc(F)c1F.Nc1ncccc1-c1nc2cnccc2n1-c1cccc(F)c1F. The molecule has 49 heavy (non-hydrogen) atoms. The molecule has 0 fully saturated rings. The van der Waals surface area contributed by atoms with Crippen molar-refractivity contribution in [2.24, 2.45) is 0 Å². The number of nitrogens with two attached hydrogens (primary N) is 2. The Morgan fingerprint density at radius 3 is 1.65 bits per heavy atom. The lowest BCUT2D eigenvalue weighted by Gasteiger charge is -2.12. The number of imidazole rings is 2. The minimum atomic E-state index is -0.971. The number of anilines is 2. The molecule has 242 valence electrons. The van der Waals surface area contributed by atoms with Crippen LogP contribution in [0.2, 0.25) is 0 Å². The molecule has 0 saturated carbocycles. The number of rotatable bonds is 4. The van der Waals surface area contributed by atoms with Crippen LogP contribution in [0.15, 0.2) is 108 Å². The third-order valence-electron chi connectivity index (χ3n) is 7.46. The molecular formula is C34H21BrF4N10. The molecule has 0 bridgehead atoms. The molecule has 0 aliphatic heterocycles. The van der Waals surface area contributed by atoms with Gasteiger partial charge in [0.2, 0.25) is 0 Å². The van der Waals surface area contributed by atoms with E-state index in [1.165, 1.54) is 33.4 Å². The van der Waals surface area contributed by atoms with E-state index in [1.54, 1.807) is 67.5 Å². The fraction of sp³-hybridized carbons (Fsp3) is 0. The number of benzene rings is 2. The molecule has 0 radical (unpaired) electrons. The quantitative estimate of drug-likeness (QED) is 0.179. The van der Waals surface area contributed by atoms with Crippen molar-refractivity contribution >= 4 is 49.6 Å². The predicted octanol–water partition coefficient (Wildman–Crippen LogP) is 7.45. The van der Waals surface area contributed by atoms with Gasteiger partial charge in [-0.05, 0) is 70.5 Å². The largest absolute Gasteiger partial charge is 0.383 e. The Morgan fingerprint density at radius 1 is 0.571 bits per heavy atom. The van der Waals surface area contributed by atoms with Gasteiger partial charge >= 0.3 is 0 Å². The minimum Gasteiger partial charge on any atom is -0.383 e. The molecule has 8 rings (SSSR count). The molecular weight excluding hydrogens is 704 g/mol. The summed E-state index contributed by atoms with van der Waals surface area (Å²) in [4.78, 5) is 25.2. The van der Waals surface area contributed by atoms with E-state index in [0.717, 1.165) is 12.1 Å². The first-order valence-electron chi connectivity index (χ1n) is 14.4. The number of halogens is 5. The van der Waals surface area contributed by atoms with E-state index in [4.69, 9.17) is 11.5 Å². The molecule has 0 atom stereocenters. The molecule has 0 saturated heterocycles. The number of nitrogen functional groups attached to an aromatic ring is 2. The van der Waals surface area contributed by atoms with E-state index >= 15 is 0 Å². The van der Waals surface area contributed by atoms with Crippen molar-refractivity contribution < 1.29 is 17.6 Å². The Labute approximate surface area is 282 Å². The number of hydrogen-bond acceptors (Lipinski definition) is 8. The molecule has 8 aromatic rings. The standard InChI is InChI=1S/C17H10BrF2N5.C17H11F2N5/c18-9-6-10(16(21)23-7-9)17-24-12-8-22-5-4-13(12)25(17)14-3-1-2-11(19)15(14)20;18-11-4-1-5-14(15(11)19)24-13-6-8-21-9-12(13)23-17(24)10-3-2-7-22-16(10)20/h1-8H,(H2,21,23);1-9H,(H2,20,22). The smallest absolute Gasteiger partial charge is 0.182 e. The van der Waals surface area contributed by atoms with Crippen molar-refractivity contribution in [1.82, 2.24) is 39.0 Å². The molecule has 6 aromatic heterocycles. The number of hydrogen-bond donors (Lipinski definition) is 2. The molecule has 0 unspecified atom stereocenters. The second kappa shape index (κ2) is 12.8. The van der Waals surface area contributed by atoms with Crippen molar-refractivity contribution in [3.63, 3.8) is 0 Å². The van der Waals surface area contributed by atoms with Gasteiger partial charge in [0.25, 0.3) is 0 Å². The van der Waals surface area contributed by atoms with Crippen LogP contribution in [0, 0.1) is 23.3 Å². The highest BCUT2D eigenvalue weighted by Crippen LogP contribution is 2.34. The topological polar surface area (TPSA) is 139 Å². The van der Waals surface area contributed by atoms with Crippen LogP contribution < -0.4 is 11.5 Å². The zero-order valence-electron chi connectivity index (χ0n) is 24.9. The Kier molecular flexibility index (Phi) is 8.17. The lowest BCUT2D eigenvalue weighted by Crippen LogP contribution is -2.04. The van der Waals surface area contributed by atoms with Gasteiger partial charge in [0, 0.05) is 29.3 Å². The van der Waals surface area contributed by atoms with Crippen molar-refractivity contribution in [1.29, 1.82) is 0 Å². The second-order valence-corrected chi connectivity index (χ2v) is 11.4. The first-order valence-corrected chi connectivity index (χ1v) is 15.2. The number of nitrogens with zero attached hydrogens (tertiary/aromatic N) is 8. The summed E-state index contributed by atoms with van der Waals surface area (Å²) in [5, 5.41) is 0. The van der Waals surface area contributed by atoms with Crippen LogP contribution in [0.25, 0.3) is 56.2 Å². The van der Waals surface area contributed by atoms with Gasteiger partial charge in [-0.25, -0.2) is 37.5 Å². The van der Waals surface area contributed by atoms with E-state index in [-0.39, 0.29) is 23.0 Å². The summed E-state index contributed by atoms with van der Waals surface area (Å²) in [5.74, 6) is -2.62. The Hall–Kier alpha value is -6.22. The lowest BCUT2D eigenvalue weighted by atomic mass is 10.2. The predicted molar refractivity (Wildman–Crippen MR) is 181 cm³/mol. The fourth-order valence-electron chi connectivity index (χ4n) is 5.28. The maximum Gasteiger partial charge on any atom is 0.182 e. The van der Waals surface area contributed by atoms with E-state index < -0.39 is 23.3 Å². The lowest BCUT2D eigenvalue weighted by molar-refractivity contribution is 0.505. The normalized spacial score (nSPS) is 11.1. The zero-order chi connectivity index (χ0) is 34.2. The van der Waals surface area contributed by atoms with Gasteiger partial charge in [0.05, 0.1) is 45.9 Å². The van der Waals surface area contributed by atoms with Crippen LogP contribution in [-0.2, 0) is 0 Å². The van der Waals surface area contributed by atoms with Gasteiger partial charge in [-0.15, -0.1) is 0 Å². The summed E-state index contributed by atoms with van der Waals surface area (Å²) in [6.07, 6.45) is 9.33. The average Bonchev–Trinajstić information content (AvgIpc) is 3.68. The van der Waals surface area contributed by atoms with Gasteiger partial charge in [-0.3, -0.25) is 19.1 Å². The third-order valence-corrected chi connectivity index (χ3v) is 7.90. The summed E-state index contributed by atoms with van der Waals surface area (Å²) in [5.41, 5.74) is 15.3. The van der Waals surface area contributed by atoms with Crippen LogP contribution in [0.3, 0.4) is 0 Å². The maximum absolute atomic E-state index is 14.5. The van der Waals surface area contributed by atoms with E-state index in [0.29, 0.717) is 49.3 Å². The van der Waals surface area contributed by atoms with Gasteiger partial charge < -0.3 is 11.5 Å². The molecule has 0 amide bonds. The number of aromatic nitrogens is 8. The molecule has 4 N–H and O–H groups in total. The molecule has 10 nitrogen and oxygen atoms in total. The van der Waals surface area contributed by atoms with Crippen molar-refractivity contribution in [2.45, 2.75) is 0 Å². The number of fused-ring (bicyclic) bond motifs is 2. The number of pyridine rings is 4. The van der Waals surface area contributed by atoms with Crippen LogP contribution in [0.1, 0.15) is 0 Å². The van der Waals surface area contributed by atoms with Gasteiger partial charge in [-0.1, -0.05) is 12.1 Å². The second-order valence-electron chi connectivity index (χ2n) is 10.4. The van der Waals surface area contributed by atoms with Crippen molar-refractivity contribution in [2.75, 3.05) is 11.5 Å². The maximum atomic E-state index is 14.5. The summed E-state index contributed by atoms with van der Waals surface area (Å²) >= 11 is 3.34. The monoisotopic (exact) mass is 724 g/mol. The summed E-state index contributed by atoms with van der Waals surface area (Å²) in [6.45, 7) is 0. The Bertz CT molecular complexity index is 2520. The molecule has 0 aliphatic rings. The van der Waals surface area contributed by atoms with Crippen molar-refractivity contribution in [3.05, 3.63) is 132 Å². The summed E-state index contributed by atoms with van der Waals surface area (Å²) < 4.78 is 60.1. The first kappa shape index (κ1) is 31.4. The molecule has 0 spiro atoms. The van der Waals surface area contributed by atoms with E-state index in [1.807, 2.05) is 0 Å². The molecule has 6 heterocycles. The van der Waals surface area contributed by atoms with Crippen LogP contribution >= 0.6 is 15.9 Å². The third kappa shape index (κ3) is 5.69. The summed E-state index contributed by atoms with van der Waals surface area (Å²) in [7, 11) is 0. The summed E-state index contributed by atoms with van der Waals surface area (Å²) in [6, 6.07) is 16.5. The van der Waals surface area contributed by atoms with Gasteiger partial charge in [0.1, 0.15) is 34.3 Å².